The van der Waals surface area contributed by atoms with E-state index in [1.807, 2.05) is 19.2 Å². The zero-order valence-electron chi connectivity index (χ0n) is 25.8. The molecule has 0 unspecified atom stereocenters. The van der Waals surface area contributed by atoms with Crippen molar-refractivity contribution in [1.29, 1.82) is 0 Å². The normalized spacial score (nSPS) is 19.1. The molecule has 1 aliphatic carbocycles. The number of piperazine rings is 1. The van der Waals surface area contributed by atoms with Gasteiger partial charge in [0.05, 0.1) is 35.7 Å². The third kappa shape index (κ3) is 5.70. The smallest absolute Gasteiger partial charge is 0.238 e. The van der Waals surface area contributed by atoms with Crippen LogP contribution in [0, 0.1) is 0 Å². The van der Waals surface area contributed by atoms with E-state index in [0.29, 0.717) is 12.3 Å². The number of fused-ring (bicyclic) bond motifs is 4. The molecular formula is C32H42N6O4S. The van der Waals surface area contributed by atoms with E-state index in [2.05, 4.69) is 51.3 Å². The third-order valence-corrected chi connectivity index (χ3v) is 9.86. The van der Waals surface area contributed by atoms with Crippen molar-refractivity contribution in [2.45, 2.75) is 57.4 Å². The van der Waals surface area contributed by atoms with Gasteiger partial charge in [0.25, 0.3) is 0 Å². The first kappa shape index (κ1) is 29.8. The van der Waals surface area contributed by atoms with Crippen molar-refractivity contribution in [3.63, 3.8) is 0 Å². The third-order valence-electron chi connectivity index (χ3n) is 9.27. The molecule has 10 nitrogen and oxygen atoms in total. The fourth-order valence-electron chi connectivity index (χ4n) is 6.75. The Morgan fingerprint density at radius 2 is 1.77 bits per heavy atom. The minimum absolute atomic E-state index is 0.142. The highest BCUT2D eigenvalue weighted by Crippen LogP contribution is 2.55. The van der Waals surface area contributed by atoms with Crippen LogP contribution >= 0.6 is 0 Å². The Morgan fingerprint density at radius 3 is 2.42 bits per heavy atom. The topological polar surface area (TPSA) is 108 Å². The predicted molar refractivity (Wildman–Crippen MR) is 170 cm³/mol. The van der Waals surface area contributed by atoms with E-state index in [9.17, 15) is 13.2 Å². The van der Waals surface area contributed by atoms with Crippen LogP contribution in [-0.2, 0) is 20.2 Å². The Hall–Kier alpha value is -3.28. The first-order valence-electron chi connectivity index (χ1n) is 15.2. The lowest BCUT2D eigenvalue weighted by Crippen LogP contribution is -2.53. The zero-order valence-corrected chi connectivity index (χ0v) is 26.6. The Labute approximate surface area is 254 Å². The molecule has 1 spiro atoms. The Morgan fingerprint density at radius 1 is 1.02 bits per heavy atom. The van der Waals surface area contributed by atoms with Crippen molar-refractivity contribution in [1.82, 2.24) is 19.8 Å². The van der Waals surface area contributed by atoms with Crippen LogP contribution < -0.4 is 14.4 Å². The first-order chi connectivity index (χ1) is 20.4. The number of nitrogens with zero attached hydrogens (tertiary/aromatic N) is 5. The predicted octanol–water partition coefficient (Wildman–Crippen LogP) is 4.25. The Bertz CT molecular complexity index is 1660. The molecule has 2 aromatic heterocycles. The van der Waals surface area contributed by atoms with Gasteiger partial charge in [0.2, 0.25) is 21.8 Å². The molecule has 6 rings (SSSR count). The molecule has 1 aromatic carbocycles. The maximum atomic E-state index is 13.2. The minimum atomic E-state index is -3.57. The zero-order chi connectivity index (χ0) is 30.6. The van der Waals surface area contributed by atoms with Crippen LogP contribution in [0.25, 0.3) is 22.0 Å². The average molecular weight is 607 g/mol. The Kier molecular flexibility index (Phi) is 7.63. The number of hydrogen-bond acceptors (Lipinski definition) is 8. The highest BCUT2D eigenvalue weighted by Gasteiger charge is 2.54. The number of benzene rings is 1. The second-order valence-electron chi connectivity index (χ2n) is 13.2. The number of sulfonamides is 1. The van der Waals surface area contributed by atoms with Gasteiger partial charge in [-0.15, -0.1) is 0 Å². The van der Waals surface area contributed by atoms with Crippen molar-refractivity contribution in [3.8, 4) is 17.0 Å². The van der Waals surface area contributed by atoms with E-state index in [0.717, 1.165) is 97.9 Å². The second kappa shape index (κ2) is 11.0. The van der Waals surface area contributed by atoms with E-state index < -0.39 is 15.4 Å². The van der Waals surface area contributed by atoms with Crippen LogP contribution in [0.15, 0.2) is 36.7 Å². The summed E-state index contributed by atoms with van der Waals surface area (Å²) in [5.74, 6) is 0.402. The molecule has 1 amide bonds. The summed E-state index contributed by atoms with van der Waals surface area (Å²) >= 11 is 0. The van der Waals surface area contributed by atoms with Crippen LogP contribution in [0.1, 0.15) is 52.0 Å². The lowest BCUT2D eigenvalue weighted by atomic mass is 9.64. The standard InChI is InChI=1S/C32H42N6O4S/c1-31(2,3)38-15-13-37(14-16-38)12-7-17-42-29-26(35-43(5,40)41)19-23(20-34-29)22-8-9-25-24(18-22)28-27(21-33-25)36(4)30(39)32(28)10-6-11-32/h8-9,18-21,35H,6-7,10-17H2,1-5H3. The number of hydrogen-bond donors (Lipinski definition) is 1. The van der Waals surface area contributed by atoms with Gasteiger partial charge in [0.15, 0.2) is 0 Å². The van der Waals surface area contributed by atoms with Gasteiger partial charge in [-0.25, -0.2) is 13.4 Å². The van der Waals surface area contributed by atoms with E-state index in [1.165, 1.54) is 0 Å². The van der Waals surface area contributed by atoms with Crippen LogP contribution in [-0.4, -0.2) is 92.3 Å². The number of anilines is 2. The van der Waals surface area contributed by atoms with Crippen LogP contribution in [0.4, 0.5) is 11.4 Å². The number of likely N-dealkylation sites (N-methyl/N-ethyl adjacent to an activating group) is 1. The molecule has 1 saturated carbocycles. The van der Waals surface area contributed by atoms with Gasteiger partial charge in [-0.2, -0.15) is 0 Å². The molecule has 0 radical (unpaired) electrons. The molecule has 11 heteroatoms. The molecule has 1 saturated heterocycles. The van der Waals surface area contributed by atoms with Crippen LogP contribution in [0.3, 0.4) is 0 Å². The fraction of sp³-hybridized carbons (Fsp3) is 0.531. The van der Waals surface area contributed by atoms with E-state index in [1.54, 1.807) is 23.4 Å². The maximum absolute atomic E-state index is 13.2. The summed E-state index contributed by atoms with van der Waals surface area (Å²) < 4.78 is 33.1. The second-order valence-corrected chi connectivity index (χ2v) is 15.0. The molecule has 0 atom stereocenters. The fourth-order valence-corrected chi connectivity index (χ4v) is 7.29. The molecule has 3 aliphatic rings. The number of carbonyl (C=O) groups is 1. The average Bonchev–Trinajstić information content (AvgIpc) is 3.17. The monoisotopic (exact) mass is 606 g/mol. The number of amides is 1. The molecular weight excluding hydrogens is 564 g/mol. The highest BCUT2D eigenvalue weighted by molar-refractivity contribution is 7.92. The van der Waals surface area contributed by atoms with Crippen molar-refractivity contribution in [3.05, 3.63) is 42.2 Å². The van der Waals surface area contributed by atoms with Crippen molar-refractivity contribution < 1.29 is 17.9 Å². The van der Waals surface area contributed by atoms with Crippen LogP contribution in [0.5, 0.6) is 5.88 Å². The van der Waals surface area contributed by atoms with Crippen molar-refractivity contribution in [2.24, 2.45) is 0 Å². The van der Waals surface area contributed by atoms with Crippen LogP contribution in [0.2, 0.25) is 0 Å². The number of rotatable bonds is 8. The summed E-state index contributed by atoms with van der Waals surface area (Å²) in [5.41, 5.74) is 4.39. The summed E-state index contributed by atoms with van der Waals surface area (Å²) in [4.78, 5) is 29.1. The summed E-state index contributed by atoms with van der Waals surface area (Å²) in [7, 11) is -1.74. The summed E-state index contributed by atoms with van der Waals surface area (Å²) in [6.45, 7) is 12.3. The number of aromatic nitrogens is 2. The van der Waals surface area contributed by atoms with Gasteiger partial charge in [0, 0.05) is 68.0 Å². The van der Waals surface area contributed by atoms with E-state index in [-0.39, 0.29) is 17.3 Å². The van der Waals surface area contributed by atoms with Crippen molar-refractivity contribution >= 4 is 38.2 Å². The first-order valence-corrected chi connectivity index (χ1v) is 17.0. The molecule has 3 aromatic rings. The quantitative estimate of drug-likeness (QED) is 0.379. The number of carbonyl (C=O) groups excluding carboxylic acids is 1. The lowest BCUT2D eigenvalue weighted by Gasteiger charge is -2.42. The van der Waals surface area contributed by atoms with Gasteiger partial charge in [-0.05, 0) is 63.8 Å². The molecule has 230 valence electrons. The molecule has 2 aliphatic heterocycles. The van der Waals surface area contributed by atoms with Crippen molar-refractivity contribution in [2.75, 3.05) is 62.3 Å². The summed E-state index contributed by atoms with van der Waals surface area (Å²) in [5, 5.41) is 0.952. The summed E-state index contributed by atoms with van der Waals surface area (Å²) in [6, 6.07) is 7.73. The van der Waals surface area contributed by atoms with E-state index in [4.69, 9.17) is 4.74 Å². The lowest BCUT2D eigenvalue weighted by molar-refractivity contribution is -0.125. The Balaban J connectivity index is 1.21. The molecule has 2 fully saturated rings. The van der Waals surface area contributed by atoms with Gasteiger partial charge in [0.1, 0.15) is 5.69 Å². The molecule has 0 bridgehead atoms. The van der Waals surface area contributed by atoms with Gasteiger partial charge >= 0.3 is 0 Å². The van der Waals surface area contributed by atoms with E-state index >= 15 is 0 Å². The number of nitrogens with one attached hydrogen (secondary N) is 1. The summed E-state index contributed by atoms with van der Waals surface area (Å²) in [6.07, 6.45) is 8.17. The largest absolute Gasteiger partial charge is 0.476 e. The minimum Gasteiger partial charge on any atom is -0.476 e. The van der Waals surface area contributed by atoms with Gasteiger partial charge in [-0.3, -0.25) is 19.4 Å². The number of pyridine rings is 2. The SMILES string of the molecule is CN1C(=O)C2(CCC2)c2c1cnc1ccc(-c3cnc(OCCCN4CCN(C(C)(C)C)CC4)c(NS(C)(=O)=O)c3)cc21. The molecule has 1 N–H and O–H groups in total. The molecule has 43 heavy (non-hydrogen) atoms. The highest BCUT2D eigenvalue weighted by atomic mass is 32.2. The maximum Gasteiger partial charge on any atom is 0.238 e. The van der Waals surface area contributed by atoms with Gasteiger partial charge < -0.3 is 14.5 Å². The molecule has 4 heterocycles. The number of ether oxygens (including phenoxy) is 1. The van der Waals surface area contributed by atoms with Gasteiger partial charge in [-0.1, -0.05) is 12.5 Å².